The summed E-state index contributed by atoms with van der Waals surface area (Å²) in [5.74, 6) is 0.890. The zero-order valence-corrected chi connectivity index (χ0v) is 18.2. The van der Waals surface area contributed by atoms with Crippen molar-refractivity contribution in [3.05, 3.63) is 70.1 Å². The SMILES string of the molecule is COc1ccc(OC)c(NC(=O)c2cc(-c3cccs3)nc3c(C)c(Cl)ccc23)c1. The lowest BCUT2D eigenvalue weighted by Crippen LogP contribution is -2.14. The number of carbonyl (C=O) groups is 1. The molecule has 0 radical (unpaired) electrons. The van der Waals surface area contributed by atoms with E-state index in [1.807, 2.05) is 36.6 Å². The summed E-state index contributed by atoms with van der Waals surface area (Å²) in [7, 11) is 3.13. The van der Waals surface area contributed by atoms with E-state index < -0.39 is 0 Å². The first-order chi connectivity index (χ1) is 14.5. The molecule has 0 saturated carbocycles. The predicted molar refractivity (Wildman–Crippen MR) is 122 cm³/mol. The van der Waals surface area contributed by atoms with E-state index >= 15 is 0 Å². The first-order valence-electron chi connectivity index (χ1n) is 9.19. The number of hydrogen-bond donors (Lipinski definition) is 1. The maximum absolute atomic E-state index is 13.3. The van der Waals surface area contributed by atoms with Crippen molar-refractivity contribution >= 4 is 45.4 Å². The Labute approximate surface area is 183 Å². The molecule has 0 aliphatic rings. The van der Waals surface area contributed by atoms with Crippen LogP contribution in [0.1, 0.15) is 15.9 Å². The topological polar surface area (TPSA) is 60.5 Å². The van der Waals surface area contributed by atoms with E-state index in [1.165, 1.54) is 0 Å². The molecule has 0 aliphatic carbocycles. The van der Waals surface area contributed by atoms with E-state index in [9.17, 15) is 4.79 Å². The number of halogens is 1. The number of methoxy groups -OCH3 is 2. The number of rotatable bonds is 5. The van der Waals surface area contributed by atoms with Crippen LogP contribution in [-0.4, -0.2) is 25.1 Å². The molecule has 2 aromatic carbocycles. The van der Waals surface area contributed by atoms with Crippen LogP contribution in [0, 0.1) is 6.92 Å². The second-order valence-corrected chi connectivity index (χ2v) is 7.98. The van der Waals surface area contributed by atoms with Crippen molar-refractivity contribution in [1.29, 1.82) is 0 Å². The van der Waals surface area contributed by atoms with E-state index in [1.54, 1.807) is 49.8 Å². The number of amides is 1. The summed E-state index contributed by atoms with van der Waals surface area (Å²) >= 11 is 7.90. The minimum atomic E-state index is -0.270. The monoisotopic (exact) mass is 438 g/mol. The van der Waals surface area contributed by atoms with Crippen LogP contribution >= 0.6 is 22.9 Å². The van der Waals surface area contributed by atoms with Gasteiger partial charge in [-0.2, -0.15) is 0 Å². The number of aryl methyl sites for hydroxylation is 1. The van der Waals surface area contributed by atoms with Gasteiger partial charge in [-0.25, -0.2) is 4.98 Å². The molecule has 7 heteroatoms. The van der Waals surface area contributed by atoms with Gasteiger partial charge < -0.3 is 14.8 Å². The molecule has 0 unspecified atom stereocenters. The summed E-state index contributed by atoms with van der Waals surface area (Å²) in [5, 5.41) is 6.27. The molecule has 1 N–H and O–H groups in total. The molecule has 1 amide bonds. The van der Waals surface area contributed by atoms with Gasteiger partial charge in [0.1, 0.15) is 11.5 Å². The molecule has 0 bridgehead atoms. The van der Waals surface area contributed by atoms with Crippen molar-refractivity contribution in [2.45, 2.75) is 6.92 Å². The van der Waals surface area contributed by atoms with E-state index in [0.717, 1.165) is 21.5 Å². The Morgan fingerprint density at radius 2 is 1.93 bits per heavy atom. The lowest BCUT2D eigenvalue weighted by Gasteiger charge is -2.14. The molecule has 30 heavy (non-hydrogen) atoms. The third-order valence-corrected chi connectivity index (χ3v) is 6.14. The van der Waals surface area contributed by atoms with Gasteiger partial charge in [0, 0.05) is 16.5 Å². The van der Waals surface area contributed by atoms with Gasteiger partial charge in [0.25, 0.3) is 5.91 Å². The van der Waals surface area contributed by atoms with Gasteiger partial charge in [0.2, 0.25) is 0 Å². The molecule has 4 aromatic rings. The number of thiophene rings is 1. The Morgan fingerprint density at radius 1 is 1.10 bits per heavy atom. The molecule has 0 aliphatic heterocycles. The van der Waals surface area contributed by atoms with Crippen LogP contribution in [0.15, 0.2) is 53.9 Å². The number of aromatic nitrogens is 1. The molecule has 2 aromatic heterocycles. The van der Waals surface area contributed by atoms with Gasteiger partial charge in [-0.1, -0.05) is 23.7 Å². The molecule has 0 atom stereocenters. The van der Waals surface area contributed by atoms with Crippen LogP contribution in [0.2, 0.25) is 5.02 Å². The van der Waals surface area contributed by atoms with Crippen LogP contribution < -0.4 is 14.8 Å². The average Bonchev–Trinajstić information content (AvgIpc) is 3.30. The lowest BCUT2D eigenvalue weighted by atomic mass is 10.0. The Morgan fingerprint density at radius 3 is 2.63 bits per heavy atom. The Bertz CT molecular complexity index is 1240. The number of carbonyl (C=O) groups excluding carboxylic acids is 1. The van der Waals surface area contributed by atoms with Gasteiger partial charge in [0.15, 0.2) is 0 Å². The van der Waals surface area contributed by atoms with Gasteiger partial charge >= 0.3 is 0 Å². The summed E-state index contributed by atoms with van der Waals surface area (Å²) in [6.07, 6.45) is 0. The number of hydrogen-bond acceptors (Lipinski definition) is 5. The molecular weight excluding hydrogens is 420 g/mol. The summed E-state index contributed by atoms with van der Waals surface area (Å²) < 4.78 is 10.7. The zero-order chi connectivity index (χ0) is 21.3. The first-order valence-corrected chi connectivity index (χ1v) is 10.4. The van der Waals surface area contributed by atoms with Gasteiger partial charge in [-0.15, -0.1) is 11.3 Å². The highest BCUT2D eigenvalue weighted by Crippen LogP contribution is 2.33. The quantitative estimate of drug-likeness (QED) is 0.403. The van der Waals surface area contributed by atoms with Gasteiger partial charge in [-0.05, 0) is 48.2 Å². The summed E-state index contributed by atoms with van der Waals surface area (Å²) in [6.45, 7) is 1.91. The summed E-state index contributed by atoms with van der Waals surface area (Å²) in [4.78, 5) is 19.1. The van der Waals surface area contributed by atoms with Crippen molar-refractivity contribution in [2.75, 3.05) is 19.5 Å². The fraction of sp³-hybridized carbons (Fsp3) is 0.130. The molecule has 0 fully saturated rings. The third-order valence-electron chi connectivity index (χ3n) is 4.84. The fourth-order valence-electron chi connectivity index (χ4n) is 3.24. The number of nitrogens with one attached hydrogen (secondary N) is 1. The zero-order valence-electron chi connectivity index (χ0n) is 16.7. The van der Waals surface area contributed by atoms with Gasteiger partial charge in [0.05, 0.1) is 41.6 Å². The number of ether oxygens (including phenoxy) is 2. The minimum Gasteiger partial charge on any atom is -0.497 e. The fourth-order valence-corrected chi connectivity index (χ4v) is 4.08. The predicted octanol–water partition coefficient (Wildman–Crippen LogP) is 6.19. The molecule has 152 valence electrons. The maximum Gasteiger partial charge on any atom is 0.256 e. The second-order valence-electron chi connectivity index (χ2n) is 6.62. The van der Waals surface area contributed by atoms with Crippen molar-refractivity contribution in [1.82, 2.24) is 4.98 Å². The molecule has 4 rings (SSSR count). The van der Waals surface area contributed by atoms with Gasteiger partial charge in [-0.3, -0.25) is 4.79 Å². The van der Waals surface area contributed by atoms with E-state index in [2.05, 4.69) is 5.32 Å². The lowest BCUT2D eigenvalue weighted by molar-refractivity contribution is 0.102. The highest BCUT2D eigenvalue weighted by atomic mass is 35.5. The second kappa shape index (κ2) is 8.34. The highest BCUT2D eigenvalue weighted by molar-refractivity contribution is 7.13. The van der Waals surface area contributed by atoms with Crippen LogP contribution in [0.5, 0.6) is 11.5 Å². The number of anilines is 1. The van der Waals surface area contributed by atoms with E-state index in [4.69, 9.17) is 26.1 Å². The van der Waals surface area contributed by atoms with Crippen molar-refractivity contribution in [3.63, 3.8) is 0 Å². The molecule has 5 nitrogen and oxygen atoms in total. The maximum atomic E-state index is 13.3. The molecule has 0 saturated heterocycles. The number of benzene rings is 2. The smallest absolute Gasteiger partial charge is 0.256 e. The van der Waals surface area contributed by atoms with Crippen LogP contribution in [0.4, 0.5) is 5.69 Å². The van der Waals surface area contributed by atoms with E-state index in [-0.39, 0.29) is 5.91 Å². The highest BCUT2D eigenvalue weighted by Gasteiger charge is 2.18. The van der Waals surface area contributed by atoms with Crippen molar-refractivity contribution < 1.29 is 14.3 Å². The minimum absolute atomic E-state index is 0.270. The molecular formula is C23H19ClN2O3S. The average molecular weight is 439 g/mol. The van der Waals surface area contributed by atoms with Crippen LogP contribution in [-0.2, 0) is 0 Å². The standard InChI is InChI=1S/C23H19ClN2O3S/c1-13-17(24)8-7-15-16(12-19(25-22(13)15)21-5-4-10-30-21)23(27)26-18-11-14(28-2)6-9-20(18)29-3/h4-12H,1-3H3,(H,26,27). The number of nitrogens with zero attached hydrogens (tertiary/aromatic N) is 1. The Hall–Kier alpha value is -3.09. The van der Waals surface area contributed by atoms with Crippen LogP contribution in [0.25, 0.3) is 21.5 Å². The normalized spacial score (nSPS) is 10.8. The molecule has 0 spiro atoms. The number of fused-ring (bicyclic) bond motifs is 1. The first kappa shape index (κ1) is 20.2. The summed E-state index contributed by atoms with van der Waals surface area (Å²) in [6, 6.07) is 14.6. The molecule has 2 heterocycles. The van der Waals surface area contributed by atoms with Crippen molar-refractivity contribution in [2.24, 2.45) is 0 Å². The summed E-state index contributed by atoms with van der Waals surface area (Å²) in [5.41, 5.74) is 3.30. The number of pyridine rings is 1. The Kier molecular flexibility index (Phi) is 5.61. The van der Waals surface area contributed by atoms with E-state index in [0.29, 0.717) is 33.3 Å². The largest absolute Gasteiger partial charge is 0.497 e. The third kappa shape index (κ3) is 3.72. The Balaban J connectivity index is 1.85. The van der Waals surface area contributed by atoms with Crippen molar-refractivity contribution in [3.8, 4) is 22.1 Å². The van der Waals surface area contributed by atoms with Crippen LogP contribution in [0.3, 0.4) is 0 Å².